The summed E-state index contributed by atoms with van der Waals surface area (Å²) in [5.41, 5.74) is 1.45. The molecule has 2 saturated heterocycles. The number of piperidine rings is 1. The maximum Gasteiger partial charge on any atom is 0.410 e. The van der Waals surface area contributed by atoms with Crippen LogP contribution < -0.4 is 4.90 Å². The zero-order valence-corrected chi connectivity index (χ0v) is 21.2. The van der Waals surface area contributed by atoms with Gasteiger partial charge in [0.2, 0.25) is 0 Å². The molecule has 2 aliphatic heterocycles. The first-order valence-electron chi connectivity index (χ1n) is 12.3. The Morgan fingerprint density at radius 3 is 2.32 bits per heavy atom. The number of anilines is 1. The molecule has 2 aliphatic rings. The molecule has 8 heteroatoms. The molecule has 0 aromatic heterocycles. The molecule has 1 aromatic rings. The minimum absolute atomic E-state index is 0.0426. The number of aryl methyl sites for hydroxylation is 1. The lowest BCUT2D eigenvalue weighted by Gasteiger charge is -2.34. The number of likely N-dealkylation sites (tertiary alicyclic amines) is 1. The molecule has 1 aromatic carbocycles. The number of rotatable bonds is 7. The highest BCUT2D eigenvalue weighted by molar-refractivity contribution is 5.95. The van der Waals surface area contributed by atoms with Gasteiger partial charge in [-0.25, -0.2) is 9.59 Å². The Labute approximate surface area is 203 Å². The number of hydrogen-bond acceptors (Lipinski definition) is 5. The minimum atomic E-state index is -0.476. The molecule has 188 valence electrons. The van der Waals surface area contributed by atoms with E-state index in [0.29, 0.717) is 38.4 Å². The summed E-state index contributed by atoms with van der Waals surface area (Å²) in [6.45, 7) is 10.6. The molecule has 8 nitrogen and oxygen atoms in total. The van der Waals surface area contributed by atoms with Crippen LogP contribution in [0.15, 0.2) is 24.3 Å². The van der Waals surface area contributed by atoms with Gasteiger partial charge in [-0.2, -0.15) is 0 Å². The summed E-state index contributed by atoms with van der Waals surface area (Å²) < 4.78 is 10.2. The SMILES string of the molecule is COC(=O)CCc1ccc(N2C(=O)N(CCC3CCN(C(=O)OC(C)(C)C)CC3)CC2C)cc1. The van der Waals surface area contributed by atoms with Crippen LogP contribution in [0.4, 0.5) is 15.3 Å². The molecule has 34 heavy (non-hydrogen) atoms. The topological polar surface area (TPSA) is 79.4 Å². The number of esters is 1. The largest absolute Gasteiger partial charge is 0.469 e. The molecular weight excluding hydrogens is 434 g/mol. The second-order valence-electron chi connectivity index (χ2n) is 10.4. The second-order valence-corrected chi connectivity index (χ2v) is 10.4. The summed E-state index contributed by atoms with van der Waals surface area (Å²) in [6, 6.07) is 8.00. The smallest absolute Gasteiger partial charge is 0.410 e. The standard InChI is InChI=1S/C26H39N3O5/c1-19-18-28(17-14-21-12-15-27(16-13-21)25(32)34-26(2,3)4)24(31)29(19)22-9-6-20(7-10-22)8-11-23(30)33-5/h6-7,9-10,19,21H,8,11-18H2,1-5H3. The fourth-order valence-corrected chi connectivity index (χ4v) is 4.61. The molecule has 0 N–H and O–H groups in total. The third-order valence-electron chi connectivity index (χ3n) is 6.54. The van der Waals surface area contributed by atoms with Crippen LogP contribution in [-0.4, -0.2) is 72.8 Å². The summed E-state index contributed by atoms with van der Waals surface area (Å²) in [4.78, 5) is 42.3. The van der Waals surface area contributed by atoms with Gasteiger partial charge in [0.05, 0.1) is 13.2 Å². The van der Waals surface area contributed by atoms with Gasteiger partial charge in [-0.15, -0.1) is 0 Å². The predicted molar refractivity (Wildman–Crippen MR) is 131 cm³/mol. The molecule has 0 spiro atoms. The summed E-state index contributed by atoms with van der Waals surface area (Å²) in [6.07, 6.45) is 3.55. The van der Waals surface area contributed by atoms with E-state index in [1.54, 1.807) is 4.90 Å². The Balaban J connectivity index is 1.47. The number of methoxy groups -OCH3 is 1. The van der Waals surface area contributed by atoms with Crippen molar-refractivity contribution in [3.05, 3.63) is 29.8 Å². The number of carbonyl (C=O) groups is 3. The second kappa shape index (κ2) is 11.1. The normalized spacial score (nSPS) is 19.5. The van der Waals surface area contributed by atoms with Gasteiger partial charge in [-0.1, -0.05) is 12.1 Å². The van der Waals surface area contributed by atoms with Gasteiger partial charge in [0.25, 0.3) is 0 Å². The molecule has 2 fully saturated rings. The van der Waals surface area contributed by atoms with Crippen molar-refractivity contribution in [2.24, 2.45) is 5.92 Å². The molecule has 0 saturated carbocycles. The maximum atomic E-state index is 13.1. The van der Waals surface area contributed by atoms with Gasteiger partial charge in [-0.3, -0.25) is 9.69 Å². The number of benzene rings is 1. The Hall–Kier alpha value is -2.77. The van der Waals surface area contributed by atoms with Gasteiger partial charge >= 0.3 is 18.1 Å². The van der Waals surface area contributed by atoms with E-state index in [2.05, 4.69) is 6.92 Å². The Morgan fingerprint density at radius 2 is 1.74 bits per heavy atom. The molecular formula is C26H39N3O5. The van der Waals surface area contributed by atoms with Crippen molar-refractivity contribution in [2.75, 3.05) is 38.2 Å². The number of nitrogens with zero attached hydrogens (tertiary/aromatic N) is 3. The van der Waals surface area contributed by atoms with E-state index < -0.39 is 5.60 Å². The van der Waals surface area contributed by atoms with Crippen LogP contribution in [0, 0.1) is 5.92 Å². The molecule has 0 bridgehead atoms. The van der Waals surface area contributed by atoms with Crippen LogP contribution in [0.1, 0.15) is 58.9 Å². The van der Waals surface area contributed by atoms with Crippen LogP contribution >= 0.6 is 0 Å². The average Bonchev–Trinajstić information content (AvgIpc) is 3.08. The van der Waals surface area contributed by atoms with Crippen molar-refractivity contribution in [1.82, 2.24) is 9.80 Å². The summed E-state index contributed by atoms with van der Waals surface area (Å²) in [7, 11) is 1.39. The fraction of sp³-hybridized carbons (Fsp3) is 0.654. The monoisotopic (exact) mass is 473 g/mol. The zero-order chi connectivity index (χ0) is 24.9. The van der Waals surface area contributed by atoms with Crippen LogP contribution in [0.25, 0.3) is 0 Å². The highest BCUT2D eigenvalue weighted by atomic mass is 16.6. The van der Waals surface area contributed by atoms with E-state index in [4.69, 9.17) is 9.47 Å². The van der Waals surface area contributed by atoms with Gasteiger partial charge < -0.3 is 19.3 Å². The van der Waals surface area contributed by atoms with Crippen molar-refractivity contribution < 1.29 is 23.9 Å². The molecule has 3 amide bonds. The van der Waals surface area contributed by atoms with Crippen molar-refractivity contribution in [2.45, 2.75) is 71.4 Å². The Bertz CT molecular complexity index is 856. The molecule has 0 radical (unpaired) electrons. The van der Waals surface area contributed by atoms with Crippen molar-refractivity contribution in [3.8, 4) is 0 Å². The van der Waals surface area contributed by atoms with Crippen molar-refractivity contribution in [1.29, 1.82) is 0 Å². The lowest BCUT2D eigenvalue weighted by molar-refractivity contribution is -0.140. The fourth-order valence-electron chi connectivity index (χ4n) is 4.61. The van der Waals surface area contributed by atoms with E-state index in [1.165, 1.54) is 7.11 Å². The van der Waals surface area contributed by atoms with Gasteiger partial charge in [0.1, 0.15) is 5.60 Å². The predicted octanol–water partition coefficient (Wildman–Crippen LogP) is 4.46. The maximum absolute atomic E-state index is 13.1. The minimum Gasteiger partial charge on any atom is -0.469 e. The van der Waals surface area contributed by atoms with E-state index in [1.807, 2.05) is 54.8 Å². The molecule has 3 rings (SSSR count). The first-order chi connectivity index (χ1) is 16.1. The third kappa shape index (κ3) is 6.87. The average molecular weight is 474 g/mol. The van der Waals surface area contributed by atoms with E-state index in [9.17, 15) is 14.4 Å². The van der Waals surface area contributed by atoms with Gasteiger partial charge in [0.15, 0.2) is 0 Å². The third-order valence-corrected chi connectivity index (χ3v) is 6.54. The van der Waals surface area contributed by atoms with Crippen molar-refractivity contribution in [3.63, 3.8) is 0 Å². The highest BCUT2D eigenvalue weighted by Crippen LogP contribution is 2.28. The summed E-state index contributed by atoms with van der Waals surface area (Å²) >= 11 is 0. The summed E-state index contributed by atoms with van der Waals surface area (Å²) in [5, 5.41) is 0. The lowest BCUT2D eigenvalue weighted by atomic mass is 9.93. The Kier molecular flexibility index (Phi) is 8.44. The molecule has 0 aliphatic carbocycles. The first-order valence-corrected chi connectivity index (χ1v) is 12.3. The number of carbonyl (C=O) groups excluding carboxylic acids is 3. The lowest BCUT2D eigenvalue weighted by Crippen LogP contribution is -2.42. The number of urea groups is 1. The first kappa shape index (κ1) is 25.8. The van der Waals surface area contributed by atoms with Gasteiger partial charge in [-0.05, 0) is 77.0 Å². The van der Waals surface area contributed by atoms with Crippen LogP contribution in [0.5, 0.6) is 0 Å². The van der Waals surface area contributed by atoms with Crippen LogP contribution in [0.2, 0.25) is 0 Å². The van der Waals surface area contributed by atoms with Crippen molar-refractivity contribution >= 4 is 23.8 Å². The zero-order valence-electron chi connectivity index (χ0n) is 21.2. The van der Waals surface area contributed by atoms with E-state index in [0.717, 1.165) is 37.1 Å². The molecule has 1 atom stereocenters. The quantitative estimate of drug-likeness (QED) is 0.546. The van der Waals surface area contributed by atoms with Crippen LogP contribution in [0.3, 0.4) is 0 Å². The number of ether oxygens (including phenoxy) is 2. The Morgan fingerprint density at radius 1 is 1.09 bits per heavy atom. The number of hydrogen-bond donors (Lipinski definition) is 0. The highest BCUT2D eigenvalue weighted by Gasteiger charge is 2.36. The molecule has 2 heterocycles. The van der Waals surface area contributed by atoms with Gasteiger partial charge in [0, 0.05) is 38.3 Å². The number of amides is 3. The summed E-state index contributed by atoms with van der Waals surface area (Å²) in [5.74, 6) is 0.281. The van der Waals surface area contributed by atoms with E-state index >= 15 is 0 Å². The van der Waals surface area contributed by atoms with Crippen LogP contribution in [-0.2, 0) is 20.7 Å². The van der Waals surface area contributed by atoms with E-state index in [-0.39, 0.29) is 24.1 Å². The molecule has 1 unspecified atom stereocenters.